The van der Waals surface area contributed by atoms with Gasteiger partial charge in [0, 0.05) is 20.1 Å². The first-order valence-corrected chi connectivity index (χ1v) is 6.74. The van der Waals surface area contributed by atoms with Crippen molar-refractivity contribution in [2.75, 3.05) is 38.6 Å². The van der Waals surface area contributed by atoms with Crippen molar-refractivity contribution in [1.29, 1.82) is 0 Å². The molecule has 1 saturated heterocycles. The van der Waals surface area contributed by atoms with Crippen LogP contribution in [0.15, 0.2) is 0 Å². The van der Waals surface area contributed by atoms with Gasteiger partial charge < -0.3 is 9.80 Å². The Balaban J connectivity index is 1.99. The fourth-order valence-corrected chi connectivity index (χ4v) is 3.16. The minimum absolute atomic E-state index is 0.717. The first kappa shape index (κ1) is 12.5. The van der Waals surface area contributed by atoms with Crippen molar-refractivity contribution in [2.45, 2.75) is 13.3 Å². The van der Waals surface area contributed by atoms with Gasteiger partial charge in [-0.3, -0.25) is 4.79 Å². The number of thiazole rings is 1. The first-order chi connectivity index (χ1) is 8.10. The molecule has 4 nitrogen and oxygen atoms in total. The van der Waals surface area contributed by atoms with E-state index in [-0.39, 0.29) is 0 Å². The normalized spacial score (nSPS) is 20.8. The quantitative estimate of drug-likeness (QED) is 0.765. The molecule has 0 spiro atoms. The van der Waals surface area contributed by atoms with Gasteiger partial charge in [0.2, 0.25) is 0 Å². The zero-order valence-corrected chi connectivity index (χ0v) is 11.5. The number of aryl methyl sites for hydroxylation is 1. The molecule has 0 bridgehead atoms. The summed E-state index contributed by atoms with van der Waals surface area (Å²) >= 11 is 1.48. The molecule has 1 fully saturated rings. The molecule has 0 aromatic carbocycles. The highest BCUT2D eigenvalue weighted by Crippen LogP contribution is 2.25. The van der Waals surface area contributed by atoms with Gasteiger partial charge in [-0.2, -0.15) is 0 Å². The second-order valence-corrected chi connectivity index (χ2v) is 5.87. The molecule has 1 aromatic heterocycles. The average molecular weight is 253 g/mol. The Morgan fingerprint density at radius 1 is 1.65 bits per heavy atom. The smallest absolute Gasteiger partial charge is 0.185 e. The van der Waals surface area contributed by atoms with Gasteiger partial charge in [0.25, 0.3) is 0 Å². The summed E-state index contributed by atoms with van der Waals surface area (Å²) < 4.78 is 0. The summed E-state index contributed by atoms with van der Waals surface area (Å²) in [7, 11) is 4.23. The van der Waals surface area contributed by atoms with Crippen molar-refractivity contribution < 1.29 is 4.79 Å². The number of carbonyl (C=O) groups is 1. The van der Waals surface area contributed by atoms with Crippen molar-refractivity contribution in [3.05, 3.63) is 10.6 Å². The predicted molar refractivity (Wildman–Crippen MR) is 71.1 cm³/mol. The van der Waals surface area contributed by atoms with Crippen LogP contribution in [0, 0.1) is 12.8 Å². The van der Waals surface area contributed by atoms with Crippen LogP contribution >= 0.6 is 11.3 Å². The van der Waals surface area contributed by atoms with Gasteiger partial charge in [0.1, 0.15) is 0 Å². The van der Waals surface area contributed by atoms with Crippen molar-refractivity contribution in [2.24, 2.45) is 5.92 Å². The van der Waals surface area contributed by atoms with Crippen molar-refractivity contribution in [1.82, 2.24) is 9.88 Å². The molecular weight excluding hydrogens is 234 g/mol. The van der Waals surface area contributed by atoms with Gasteiger partial charge in [-0.25, -0.2) is 4.98 Å². The van der Waals surface area contributed by atoms with E-state index in [9.17, 15) is 4.79 Å². The summed E-state index contributed by atoms with van der Waals surface area (Å²) in [4.78, 5) is 20.5. The number of likely N-dealkylation sites (tertiary alicyclic amines) is 1. The number of nitrogens with zero attached hydrogens (tertiary/aromatic N) is 3. The van der Waals surface area contributed by atoms with E-state index in [0.717, 1.165) is 35.1 Å². The number of hydrogen-bond donors (Lipinski definition) is 0. The Labute approximate surface area is 106 Å². The lowest BCUT2D eigenvalue weighted by atomic mass is 10.1. The molecule has 1 aliphatic heterocycles. The number of aromatic nitrogens is 1. The number of carbonyl (C=O) groups excluding carboxylic acids is 1. The summed E-state index contributed by atoms with van der Waals surface area (Å²) in [6.07, 6.45) is 2.15. The molecule has 17 heavy (non-hydrogen) atoms. The molecule has 0 N–H and O–H groups in total. The Morgan fingerprint density at radius 3 is 2.94 bits per heavy atom. The van der Waals surface area contributed by atoms with E-state index >= 15 is 0 Å². The largest absolute Gasteiger partial charge is 0.351 e. The van der Waals surface area contributed by atoms with Crippen LogP contribution < -0.4 is 4.90 Å². The molecule has 2 rings (SSSR count). The molecule has 1 aliphatic rings. The standard InChI is InChI=1S/C12H19N3OS/c1-9-11(8-16)17-12(13-9)15(3)7-10-4-5-14(2)6-10/h8,10H,4-7H2,1-3H3. The summed E-state index contributed by atoms with van der Waals surface area (Å²) in [6.45, 7) is 5.26. The summed E-state index contributed by atoms with van der Waals surface area (Å²) in [6, 6.07) is 0. The Hall–Kier alpha value is -0.940. The third-order valence-electron chi connectivity index (χ3n) is 3.28. The van der Waals surface area contributed by atoms with Gasteiger partial charge in [-0.1, -0.05) is 11.3 Å². The van der Waals surface area contributed by atoms with Crippen molar-refractivity contribution in [3.63, 3.8) is 0 Å². The lowest BCUT2D eigenvalue weighted by molar-refractivity contribution is 0.112. The maximum absolute atomic E-state index is 10.8. The zero-order chi connectivity index (χ0) is 12.4. The Morgan fingerprint density at radius 2 is 2.41 bits per heavy atom. The Kier molecular flexibility index (Phi) is 3.79. The third-order valence-corrected chi connectivity index (χ3v) is 4.47. The number of aldehydes is 1. The van der Waals surface area contributed by atoms with Crippen LogP contribution in [0.4, 0.5) is 5.13 Å². The maximum Gasteiger partial charge on any atom is 0.185 e. The molecule has 0 saturated carbocycles. The zero-order valence-electron chi connectivity index (χ0n) is 10.6. The first-order valence-electron chi connectivity index (χ1n) is 5.92. The molecule has 0 radical (unpaired) electrons. The van der Waals surface area contributed by atoms with E-state index in [1.165, 1.54) is 24.3 Å². The van der Waals surface area contributed by atoms with E-state index in [1.807, 2.05) is 6.92 Å². The van der Waals surface area contributed by atoms with Gasteiger partial charge in [-0.15, -0.1) is 0 Å². The van der Waals surface area contributed by atoms with Crippen LogP contribution in [-0.2, 0) is 0 Å². The topological polar surface area (TPSA) is 36.4 Å². The second kappa shape index (κ2) is 5.14. The molecule has 1 atom stereocenters. The van der Waals surface area contributed by atoms with Gasteiger partial charge >= 0.3 is 0 Å². The minimum Gasteiger partial charge on any atom is -0.351 e. The van der Waals surface area contributed by atoms with Crippen LogP contribution in [0.2, 0.25) is 0 Å². The lowest BCUT2D eigenvalue weighted by Crippen LogP contribution is -2.27. The maximum atomic E-state index is 10.8. The second-order valence-electron chi connectivity index (χ2n) is 4.86. The van der Waals surface area contributed by atoms with Gasteiger partial charge in [0.05, 0.1) is 10.6 Å². The van der Waals surface area contributed by atoms with E-state index in [2.05, 4.69) is 28.9 Å². The number of rotatable bonds is 4. The highest BCUT2D eigenvalue weighted by molar-refractivity contribution is 7.17. The molecule has 1 aromatic rings. The SMILES string of the molecule is Cc1nc(N(C)CC2CCN(C)C2)sc1C=O. The van der Waals surface area contributed by atoms with Crippen LogP contribution in [-0.4, -0.2) is 49.9 Å². The van der Waals surface area contributed by atoms with Crippen LogP contribution in [0.3, 0.4) is 0 Å². The monoisotopic (exact) mass is 253 g/mol. The number of anilines is 1. The fourth-order valence-electron chi connectivity index (χ4n) is 2.31. The molecule has 94 valence electrons. The van der Waals surface area contributed by atoms with Crippen molar-refractivity contribution >= 4 is 22.8 Å². The molecule has 0 aliphatic carbocycles. The highest BCUT2D eigenvalue weighted by atomic mass is 32.1. The molecule has 1 unspecified atom stereocenters. The van der Waals surface area contributed by atoms with Crippen LogP contribution in [0.5, 0.6) is 0 Å². The van der Waals surface area contributed by atoms with Crippen LogP contribution in [0.25, 0.3) is 0 Å². The summed E-state index contributed by atoms with van der Waals surface area (Å²) in [5.74, 6) is 0.717. The van der Waals surface area contributed by atoms with E-state index < -0.39 is 0 Å². The third kappa shape index (κ3) is 2.84. The number of hydrogen-bond acceptors (Lipinski definition) is 5. The van der Waals surface area contributed by atoms with E-state index in [4.69, 9.17) is 0 Å². The Bertz CT molecular complexity index is 404. The average Bonchev–Trinajstić information content (AvgIpc) is 2.85. The molecular formula is C12H19N3OS. The fraction of sp³-hybridized carbons (Fsp3) is 0.667. The van der Waals surface area contributed by atoms with Crippen molar-refractivity contribution in [3.8, 4) is 0 Å². The van der Waals surface area contributed by atoms with Gasteiger partial charge in [-0.05, 0) is 32.9 Å². The molecule has 2 heterocycles. The van der Waals surface area contributed by atoms with Crippen LogP contribution in [0.1, 0.15) is 21.8 Å². The van der Waals surface area contributed by atoms with E-state index in [1.54, 1.807) is 0 Å². The minimum atomic E-state index is 0.717. The highest BCUT2D eigenvalue weighted by Gasteiger charge is 2.22. The molecule has 5 heteroatoms. The predicted octanol–water partition coefficient (Wildman–Crippen LogP) is 1.65. The summed E-state index contributed by atoms with van der Waals surface area (Å²) in [5.41, 5.74) is 0.843. The molecule has 0 amide bonds. The van der Waals surface area contributed by atoms with E-state index in [0.29, 0.717) is 5.92 Å². The summed E-state index contributed by atoms with van der Waals surface area (Å²) in [5, 5.41) is 0.958. The van der Waals surface area contributed by atoms with Gasteiger partial charge in [0.15, 0.2) is 11.4 Å². The lowest BCUT2D eigenvalue weighted by Gasteiger charge is -2.20.